The number of hydrogen-bond donors (Lipinski definition) is 1. The summed E-state index contributed by atoms with van der Waals surface area (Å²) in [6.45, 7) is 2.64. The number of halogens is 2. The van der Waals surface area contributed by atoms with E-state index < -0.39 is 11.6 Å². The smallest absolute Gasteiger partial charge is 0.128 e. The van der Waals surface area contributed by atoms with Gasteiger partial charge in [0.05, 0.1) is 12.7 Å². The molecule has 0 spiro atoms. The van der Waals surface area contributed by atoms with Crippen LogP contribution in [-0.2, 0) is 11.3 Å². The zero-order chi connectivity index (χ0) is 11.3. The van der Waals surface area contributed by atoms with Gasteiger partial charge < -0.3 is 10.1 Å². The van der Waals surface area contributed by atoms with Crippen molar-refractivity contribution in [3.05, 3.63) is 35.4 Å². The summed E-state index contributed by atoms with van der Waals surface area (Å²) in [5.41, 5.74) is 0.248. The minimum Gasteiger partial charge on any atom is -0.372 e. The highest BCUT2D eigenvalue weighted by Gasteiger charge is 2.06. The van der Waals surface area contributed by atoms with Crippen LogP contribution in [-0.4, -0.2) is 19.7 Å². The lowest BCUT2D eigenvalue weighted by Crippen LogP contribution is -2.23. The van der Waals surface area contributed by atoms with E-state index in [0.29, 0.717) is 6.54 Å². The summed E-state index contributed by atoms with van der Waals surface area (Å²) in [5, 5.41) is 2.94. The molecule has 0 radical (unpaired) electrons. The highest BCUT2D eigenvalue weighted by molar-refractivity contribution is 5.17. The van der Waals surface area contributed by atoms with Crippen LogP contribution in [0.25, 0.3) is 0 Å². The van der Waals surface area contributed by atoms with Crippen LogP contribution in [0.5, 0.6) is 0 Å². The lowest BCUT2D eigenvalue weighted by molar-refractivity contribution is 0.0527. The quantitative estimate of drug-likeness (QED) is 0.812. The molecule has 1 rings (SSSR count). The summed E-state index contributed by atoms with van der Waals surface area (Å²) in [4.78, 5) is 0. The molecule has 0 heterocycles. The first-order valence-corrected chi connectivity index (χ1v) is 4.83. The van der Waals surface area contributed by atoms with Crippen LogP contribution < -0.4 is 5.32 Å². The Kier molecular flexibility index (Phi) is 4.65. The Hall–Kier alpha value is -1.00. The highest BCUT2D eigenvalue weighted by Crippen LogP contribution is 2.11. The zero-order valence-electron chi connectivity index (χ0n) is 8.89. The molecule has 15 heavy (non-hydrogen) atoms. The molecule has 2 nitrogen and oxygen atoms in total. The molecule has 1 aromatic rings. The molecule has 1 aromatic carbocycles. The van der Waals surface area contributed by atoms with E-state index in [1.807, 2.05) is 14.0 Å². The summed E-state index contributed by atoms with van der Waals surface area (Å²) >= 11 is 0. The van der Waals surface area contributed by atoms with Crippen molar-refractivity contribution in [2.24, 2.45) is 0 Å². The van der Waals surface area contributed by atoms with E-state index in [9.17, 15) is 8.78 Å². The number of nitrogens with one attached hydrogen (secondary N) is 1. The summed E-state index contributed by atoms with van der Waals surface area (Å²) < 4.78 is 31.3. The SMILES string of the molecule is CNCC(C)OCc1cc(F)ccc1F. The molecule has 0 fully saturated rings. The van der Waals surface area contributed by atoms with Crippen LogP contribution in [0.2, 0.25) is 0 Å². The molecular formula is C11H15F2NO. The fourth-order valence-electron chi connectivity index (χ4n) is 1.23. The van der Waals surface area contributed by atoms with Gasteiger partial charge in [-0.3, -0.25) is 0 Å². The Morgan fingerprint density at radius 3 is 2.80 bits per heavy atom. The van der Waals surface area contributed by atoms with Crippen molar-refractivity contribution in [2.75, 3.05) is 13.6 Å². The van der Waals surface area contributed by atoms with E-state index in [4.69, 9.17) is 4.74 Å². The van der Waals surface area contributed by atoms with Crippen molar-refractivity contribution in [2.45, 2.75) is 19.6 Å². The van der Waals surface area contributed by atoms with Gasteiger partial charge >= 0.3 is 0 Å². The van der Waals surface area contributed by atoms with Crippen molar-refractivity contribution in [1.29, 1.82) is 0 Å². The largest absolute Gasteiger partial charge is 0.372 e. The highest BCUT2D eigenvalue weighted by atomic mass is 19.1. The Labute approximate surface area is 88.3 Å². The lowest BCUT2D eigenvalue weighted by Gasteiger charge is -2.12. The van der Waals surface area contributed by atoms with Gasteiger partial charge in [-0.15, -0.1) is 0 Å². The summed E-state index contributed by atoms with van der Waals surface area (Å²) in [6, 6.07) is 3.36. The van der Waals surface area contributed by atoms with Crippen LogP contribution in [0, 0.1) is 11.6 Å². The van der Waals surface area contributed by atoms with E-state index in [-0.39, 0.29) is 18.3 Å². The maximum absolute atomic E-state index is 13.1. The second kappa shape index (κ2) is 5.78. The molecule has 4 heteroatoms. The number of ether oxygens (including phenoxy) is 1. The predicted molar refractivity (Wildman–Crippen MR) is 54.5 cm³/mol. The average Bonchev–Trinajstić information content (AvgIpc) is 2.20. The Morgan fingerprint density at radius 1 is 1.40 bits per heavy atom. The van der Waals surface area contributed by atoms with Crippen molar-refractivity contribution in [3.8, 4) is 0 Å². The standard InChI is InChI=1S/C11H15F2NO/c1-8(6-14-2)15-7-9-5-10(12)3-4-11(9)13/h3-5,8,14H,6-7H2,1-2H3. The van der Waals surface area contributed by atoms with Gasteiger partial charge in [0.15, 0.2) is 0 Å². The van der Waals surface area contributed by atoms with Gasteiger partial charge in [-0.25, -0.2) is 8.78 Å². The van der Waals surface area contributed by atoms with Gasteiger partial charge in [-0.1, -0.05) is 0 Å². The molecule has 0 bridgehead atoms. The van der Waals surface area contributed by atoms with Crippen molar-refractivity contribution >= 4 is 0 Å². The second-order valence-corrected chi connectivity index (χ2v) is 3.42. The Bertz CT molecular complexity index is 317. The number of benzene rings is 1. The molecule has 0 saturated heterocycles. The van der Waals surface area contributed by atoms with Gasteiger partial charge in [0, 0.05) is 12.1 Å². The summed E-state index contributed by atoms with van der Waals surface area (Å²) in [7, 11) is 1.81. The van der Waals surface area contributed by atoms with Crippen LogP contribution >= 0.6 is 0 Å². The number of rotatable bonds is 5. The molecule has 0 amide bonds. The van der Waals surface area contributed by atoms with Gasteiger partial charge in [-0.2, -0.15) is 0 Å². The molecule has 0 aromatic heterocycles. The van der Waals surface area contributed by atoms with Gasteiger partial charge in [0.2, 0.25) is 0 Å². The first kappa shape index (κ1) is 12.1. The molecular weight excluding hydrogens is 200 g/mol. The number of likely N-dealkylation sites (N-methyl/N-ethyl adjacent to an activating group) is 1. The molecule has 0 saturated carbocycles. The van der Waals surface area contributed by atoms with Crippen LogP contribution in [0.4, 0.5) is 8.78 Å². The van der Waals surface area contributed by atoms with Gasteiger partial charge in [-0.05, 0) is 32.2 Å². The van der Waals surface area contributed by atoms with E-state index in [1.54, 1.807) is 0 Å². The first-order chi connectivity index (χ1) is 7.13. The molecule has 0 aliphatic rings. The van der Waals surface area contributed by atoms with Crippen LogP contribution in [0.15, 0.2) is 18.2 Å². The van der Waals surface area contributed by atoms with E-state index in [0.717, 1.165) is 18.2 Å². The molecule has 1 atom stereocenters. The topological polar surface area (TPSA) is 21.3 Å². The Balaban J connectivity index is 2.53. The summed E-state index contributed by atoms with van der Waals surface area (Å²) in [5.74, 6) is -0.885. The third-order valence-electron chi connectivity index (χ3n) is 2.02. The van der Waals surface area contributed by atoms with Crippen molar-refractivity contribution in [1.82, 2.24) is 5.32 Å². The minimum atomic E-state index is -0.448. The average molecular weight is 215 g/mol. The molecule has 1 N–H and O–H groups in total. The maximum Gasteiger partial charge on any atom is 0.128 e. The predicted octanol–water partition coefficient (Wildman–Crippen LogP) is 2.09. The Morgan fingerprint density at radius 2 is 2.13 bits per heavy atom. The third-order valence-corrected chi connectivity index (χ3v) is 2.02. The fourth-order valence-corrected chi connectivity index (χ4v) is 1.23. The molecule has 0 aliphatic heterocycles. The van der Waals surface area contributed by atoms with E-state index >= 15 is 0 Å². The minimum absolute atomic E-state index is 0.0299. The van der Waals surface area contributed by atoms with Crippen LogP contribution in [0.3, 0.4) is 0 Å². The van der Waals surface area contributed by atoms with Crippen molar-refractivity contribution in [3.63, 3.8) is 0 Å². The first-order valence-electron chi connectivity index (χ1n) is 4.83. The lowest BCUT2D eigenvalue weighted by atomic mass is 10.2. The monoisotopic (exact) mass is 215 g/mol. The van der Waals surface area contributed by atoms with E-state index in [2.05, 4.69) is 5.32 Å². The fraction of sp³-hybridized carbons (Fsp3) is 0.455. The molecule has 84 valence electrons. The van der Waals surface area contributed by atoms with Gasteiger partial charge in [0.1, 0.15) is 11.6 Å². The second-order valence-electron chi connectivity index (χ2n) is 3.42. The number of hydrogen-bond acceptors (Lipinski definition) is 2. The summed E-state index contributed by atoms with van der Waals surface area (Å²) in [6.07, 6.45) is -0.0299. The maximum atomic E-state index is 13.1. The van der Waals surface area contributed by atoms with Crippen LogP contribution in [0.1, 0.15) is 12.5 Å². The van der Waals surface area contributed by atoms with E-state index in [1.165, 1.54) is 0 Å². The third kappa shape index (κ3) is 3.93. The van der Waals surface area contributed by atoms with Gasteiger partial charge in [0.25, 0.3) is 0 Å². The normalized spacial score (nSPS) is 12.8. The zero-order valence-corrected chi connectivity index (χ0v) is 8.89. The van der Waals surface area contributed by atoms with Crippen molar-refractivity contribution < 1.29 is 13.5 Å². The molecule has 0 aliphatic carbocycles. The molecule has 1 unspecified atom stereocenters.